The Kier molecular flexibility index (Phi) is 36.2. The van der Waals surface area contributed by atoms with Gasteiger partial charge in [0.2, 0.25) is 11.8 Å². The van der Waals surface area contributed by atoms with Crippen molar-refractivity contribution >= 4 is 11.8 Å². The van der Waals surface area contributed by atoms with Gasteiger partial charge in [-0.1, -0.05) is 48.5 Å². The largest absolute Gasteiger partial charge is 0.283 e. The molecule has 0 radical (unpaired) electrons. The Balaban J connectivity index is -0.000000103. The van der Waals surface area contributed by atoms with E-state index >= 15 is 0 Å². The van der Waals surface area contributed by atoms with E-state index in [1.54, 1.807) is 0 Å². The molecule has 0 unspecified atom stereocenters. The molecule has 0 bridgehead atoms. The minimum absolute atomic E-state index is 0.172. The molecule has 0 aromatic rings. The van der Waals surface area contributed by atoms with Gasteiger partial charge in [-0.3, -0.25) is 14.5 Å². The predicted octanol–water partition coefficient (Wildman–Crippen LogP) is 3.87. The van der Waals surface area contributed by atoms with Crippen molar-refractivity contribution in [1.82, 2.24) is 4.90 Å². The van der Waals surface area contributed by atoms with Gasteiger partial charge >= 0.3 is 0 Å². The molecule has 0 aliphatic rings. The van der Waals surface area contributed by atoms with Crippen LogP contribution in [-0.2, 0) is 9.59 Å². The molecule has 0 aliphatic carbocycles. The van der Waals surface area contributed by atoms with Crippen LogP contribution >= 0.6 is 0 Å². The average molecular weight is 233 g/mol. The third-order valence-electron chi connectivity index (χ3n) is 1.21. The normalized spacial score (nSPS) is 6.81. The minimum Gasteiger partial charge on any atom is -0.283 e. The van der Waals surface area contributed by atoms with Crippen LogP contribution in [-0.4, -0.2) is 23.3 Å². The third kappa shape index (κ3) is 18.8. The zero-order chi connectivity index (χ0) is 14.1. The average Bonchev–Trinajstić information content (AvgIpc) is 2.33. The summed E-state index contributed by atoms with van der Waals surface area (Å²) in [6, 6.07) is 0. The summed E-state index contributed by atoms with van der Waals surface area (Å²) in [5.74, 6) is -0.344. The van der Waals surface area contributed by atoms with Crippen molar-refractivity contribution in [2.24, 2.45) is 0 Å². The molecule has 100 valence electrons. The Bertz CT molecular complexity index is 131. The van der Waals surface area contributed by atoms with Crippen molar-refractivity contribution in [3.05, 3.63) is 0 Å². The number of carbonyl (C=O) groups excluding carboxylic acids is 2. The maximum atomic E-state index is 10.7. The molecule has 0 aromatic carbocycles. The van der Waals surface area contributed by atoms with E-state index in [0.29, 0.717) is 6.54 Å². The van der Waals surface area contributed by atoms with E-state index in [1.807, 2.05) is 48.5 Å². The molecule has 0 spiro atoms. The highest BCUT2D eigenvalue weighted by molar-refractivity contribution is 5.92. The Morgan fingerprint density at radius 1 is 0.812 bits per heavy atom. The lowest BCUT2D eigenvalue weighted by molar-refractivity contribution is -0.142. The molecule has 0 fully saturated rings. The molecular weight excluding hydrogens is 202 g/mol. The van der Waals surface area contributed by atoms with Crippen LogP contribution in [0.5, 0.6) is 0 Å². The Morgan fingerprint density at radius 3 is 1.12 bits per heavy atom. The Labute approximate surface area is 102 Å². The van der Waals surface area contributed by atoms with Crippen molar-refractivity contribution in [3.8, 4) is 0 Å². The van der Waals surface area contributed by atoms with Gasteiger partial charge in [0.1, 0.15) is 0 Å². The maximum absolute atomic E-state index is 10.7. The second-order valence-electron chi connectivity index (χ2n) is 2.19. The standard InChI is InChI=1S/C7H13NO2.3C2H6/c1-4-5-8(6(2)9)7(3)10;3*1-2/h4-5H2,1-3H3;3*1-2H3. The Morgan fingerprint density at radius 2 is 1.06 bits per heavy atom. The van der Waals surface area contributed by atoms with Gasteiger partial charge in [0.15, 0.2) is 0 Å². The smallest absolute Gasteiger partial charge is 0.226 e. The molecule has 0 aromatic heterocycles. The van der Waals surface area contributed by atoms with Crippen molar-refractivity contribution in [2.45, 2.75) is 68.7 Å². The minimum atomic E-state index is -0.172. The van der Waals surface area contributed by atoms with Gasteiger partial charge in [0, 0.05) is 20.4 Å². The first kappa shape index (κ1) is 24.4. The summed E-state index contributed by atoms with van der Waals surface area (Å²) in [5, 5.41) is 0. The lowest BCUT2D eigenvalue weighted by Crippen LogP contribution is -2.33. The monoisotopic (exact) mass is 233 g/mol. The summed E-state index contributed by atoms with van der Waals surface area (Å²) in [6.45, 7) is 17.3. The Hall–Kier alpha value is -0.860. The summed E-state index contributed by atoms with van der Waals surface area (Å²) in [6.07, 6.45) is 0.819. The zero-order valence-electron chi connectivity index (χ0n) is 12.7. The second kappa shape index (κ2) is 23.7. The van der Waals surface area contributed by atoms with E-state index in [2.05, 4.69) is 0 Å². The zero-order valence-corrected chi connectivity index (χ0v) is 12.7. The van der Waals surface area contributed by atoms with E-state index in [4.69, 9.17) is 0 Å². The second-order valence-corrected chi connectivity index (χ2v) is 2.19. The number of imide groups is 1. The van der Waals surface area contributed by atoms with E-state index in [1.165, 1.54) is 18.7 Å². The number of rotatable bonds is 2. The first-order chi connectivity index (χ1) is 7.59. The fourth-order valence-electron chi connectivity index (χ4n) is 0.760. The lowest BCUT2D eigenvalue weighted by atomic mass is 10.4. The number of nitrogens with zero attached hydrogens (tertiary/aromatic N) is 1. The van der Waals surface area contributed by atoms with Gasteiger partial charge in [-0.15, -0.1) is 0 Å². The summed E-state index contributed by atoms with van der Waals surface area (Å²) in [7, 11) is 0. The molecular formula is C13H31NO2. The summed E-state index contributed by atoms with van der Waals surface area (Å²) in [4.78, 5) is 22.6. The highest BCUT2D eigenvalue weighted by atomic mass is 16.2. The van der Waals surface area contributed by atoms with Crippen molar-refractivity contribution in [1.29, 1.82) is 0 Å². The number of amides is 2. The van der Waals surface area contributed by atoms with Crippen molar-refractivity contribution < 1.29 is 9.59 Å². The molecule has 0 saturated heterocycles. The SMILES string of the molecule is CC.CC.CC.CCCN(C(C)=O)C(C)=O. The first-order valence-electron chi connectivity index (χ1n) is 6.38. The molecule has 2 amide bonds. The predicted molar refractivity (Wildman–Crippen MR) is 72.4 cm³/mol. The third-order valence-corrected chi connectivity index (χ3v) is 1.21. The van der Waals surface area contributed by atoms with Crippen molar-refractivity contribution in [3.63, 3.8) is 0 Å². The first-order valence-corrected chi connectivity index (χ1v) is 6.38. The van der Waals surface area contributed by atoms with Crippen LogP contribution < -0.4 is 0 Å². The van der Waals surface area contributed by atoms with E-state index in [-0.39, 0.29) is 11.8 Å². The molecule has 3 nitrogen and oxygen atoms in total. The number of carbonyl (C=O) groups is 2. The summed E-state index contributed by atoms with van der Waals surface area (Å²) < 4.78 is 0. The van der Waals surface area contributed by atoms with Crippen LogP contribution in [0.2, 0.25) is 0 Å². The van der Waals surface area contributed by atoms with E-state index < -0.39 is 0 Å². The topological polar surface area (TPSA) is 37.4 Å². The molecule has 0 heterocycles. The lowest BCUT2D eigenvalue weighted by Gasteiger charge is -2.14. The van der Waals surface area contributed by atoms with Crippen LogP contribution in [0.4, 0.5) is 0 Å². The van der Waals surface area contributed by atoms with Gasteiger partial charge in [0.05, 0.1) is 0 Å². The highest BCUT2D eigenvalue weighted by Gasteiger charge is 2.10. The van der Waals surface area contributed by atoms with Crippen molar-refractivity contribution in [2.75, 3.05) is 6.54 Å². The van der Waals surface area contributed by atoms with Crippen LogP contribution in [0.15, 0.2) is 0 Å². The number of hydrogen-bond donors (Lipinski definition) is 0. The fraction of sp³-hybridized carbons (Fsp3) is 0.846. The molecule has 0 N–H and O–H groups in total. The van der Waals surface area contributed by atoms with Gasteiger partial charge < -0.3 is 0 Å². The number of hydrogen-bond acceptors (Lipinski definition) is 2. The van der Waals surface area contributed by atoms with Crippen LogP contribution in [0.1, 0.15) is 68.7 Å². The van der Waals surface area contributed by atoms with Crippen LogP contribution in [0.3, 0.4) is 0 Å². The van der Waals surface area contributed by atoms with Crippen LogP contribution in [0.25, 0.3) is 0 Å². The molecule has 16 heavy (non-hydrogen) atoms. The molecule has 0 saturated carbocycles. The molecule has 0 atom stereocenters. The quantitative estimate of drug-likeness (QED) is 0.726. The van der Waals surface area contributed by atoms with E-state index in [9.17, 15) is 9.59 Å². The van der Waals surface area contributed by atoms with E-state index in [0.717, 1.165) is 6.42 Å². The molecule has 0 rings (SSSR count). The summed E-state index contributed by atoms with van der Waals surface area (Å²) in [5.41, 5.74) is 0. The van der Waals surface area contributed by atoms with Crippen LogP contribution in [0, 0.1) is 0 Å². The van der Waals surface area contributed by atoms with Gasteiger partial charge in [-0.05, 0) is 6.42 Å². The van der Waals surface area contributed by atoms with Gasteiger partial charge in [-0.25, -0.2) is 0 Å². The molecule has 3 heteroatoms. The van der Waals surface area contributed by atoms with Gasteiger partial charge in [0.25, 0.3) is 0 Å². The van der Waals surface area contributed by atoms with Gasteiger partial charge in [-0.2, -0.15) is 0 Å². The maximum Gasteiger partial charge on any atom is 0.226 e. The highest BCUT2D eigenvalue weighted by Crippen LogP contribution is 1.92. The fourth-order valence-corrected chi connectivity index (χ4v) is 0.760. The molecule has 0 aliphatic heterocycles. The summed E-state index contributed by atoms with van der Waals surface area (Å²) >= 11 is 0.